The summed E-state index contributed by atoms with van der Waals surface area (Å²) < 4.78 is 4.70. The molecule has 20 heavy (non-hydrogen) atoms. The number of carbonyl (C=O) groups is 2. The van der Waals surface area contributed by atoms with E-state index in [-0.39, 0.29) is 5.91 Å². The summed E-state index contributed by atoms with van der Waals surface area (Å²) in [6, 6.07) is 4.98. The number of amides is 1. The van der Waals surface area contributed by atoms with E-state index in [2.05, 4.69) is 0 Å². The van der Waals surface area contributed by atoms with Gasteiger partial charge in [0.25, 0.3) is 0 Å². The third kappa shape index (κ3) is 2.41. The zero-order chi connectivity index (χ0) is 14.9. The Morgan fingerprint density at radius 2 is 2.10 bits per heavy atom. The second kappa shape index (κ2) is 5.03. The first-order chi connectivity index (χ1) is 9.37. The lowest BCUT2D eigenvalue weighted by atomic mass is 9.89. The number of nitrogen functional groups attached to an aromatic ring is 1. The first-order valence-electron chi connectivity index (χ1n) is 6.40. The number of primary amides is 1. The van der Waals surface area contributed by atoms with Crippen molar-refractivity contribution in [2.24, 2.45) is 11.1 Å². The number of hydrogen-bond acceptors (Lipinski definition) is 5. The Labute approximate surface area is 117 Å². The molecular formula is C14H19N3O3. The molecule has 0 aromatic heterocycles. The lowest BCUT2D eigenvalue weighted by Gasteiger charge is -2.24. The Balaban J connectivity index is 2.30. The molecule has 4 N–H and O–H groups in total. The summed E-state index contributed by atoms with van der Waals surface area (Å²) in [7, 11) is 1.33. The van der Waals surface area contributed by atoms with Crippen molar-refractivity contribution < 1.29 is 14.3 Å². The molecule has 108 valence electrons. The quantitative estimate of drug-likeness (QED) is 0.627. The van der Waals surface area contributed by atoms with Gasteiger partial charge in [-0.1, -0.05) is 0 Å². The van der Waals surface area contributed by atoms with E-state index in [1.165, 1.54) is 7.11 Å². The van der Waals surface area contributed by atoms with E-state index in [0.717, 1.165) is 5.69 Å². The van der Waals surface area contributed by atoms with Crippen LogP contribution in [0.2, 0.25) is 0 Å². The summed E-state index contributed by atoms with van der Waals surface area (Å²) in [4.78, 5) is 25.0. The smallest absolute Gasteiger partial charge is 0.337 e. The highest BCUT2D eigenvalue weighted by Crippen LogP contribution is 2.35. The predicted molar refractivity (Wildman–Crippen MR) is 76.3 cm³/mol. The Bertz CT molecular complexity index is 559. The van der Waals surface area contributed by atoms with Gasteiger partial charge >= 0.3 is 5.97 Å². The third-order valence-electron chi connectivity index (χ3n) is 3.86. The molecule has 0 aliphatic carbocycles. The van der Waals surface area contributed by atoms with Crippen LogP contribution in [0.1, 0.15) is 23.7 Å². The lowest BCUT2D eigenvalue weighted by Crippen LogP contribution is -2.37. The third-order valence-corrected chi connectivity index (χ3v) is 3.86. The number of ether oxygens (including phenoxy) is 1. The molecule has 2 rings (SSSR count). The van der Waals surface area contributed by atoms with Crippen LogP contribution < -0.4 is 16.4 Å². The molecule has 1 aromatic carbocycles. The summed E-state index contributed by atoms with van der Waals surface area (Å²) in [5.74, 6) is -0.731. The van der Waals surface area contributed by atoms with Gasteiger partial charge < -0.3 is 21.1 Å². The summed E-state index contributed by atoms with van der Waals surface area (Å²) >= 11 is 0. The van der Waals surface area contributed by atoms with Crippen molar-refractivity contribution in [1.29, 1.82) is 0 Å². The molecule has 1 saturated heterocycles. The fourth-order valence-corrected chi connectivity index (χ4v) is 2.43. The molecule has 0 saturated carbocycles. The number of benzene rings is 1. The predicted octanol–water partition coefficient (Wildman–Crippen LogP) is 0.757. The van der Waals surface area contributed by atoms with Crippen LogP contribution in [0.4, 0.5) is 11.4 Å². The lowest BCUT2D eigenvalue weighted by molar-refractivity contribution is -0.125. The van der Waals surface area contributed by atoms with Gasteiger partial charge in [-0.3, -0.25) is 4.79 Å². The van der Waals surface area contributed by atoms with Crippen LogP contribution in [0.15, 0.2) is 18.2 Å². The molecule has 6 nitrogen and oxygen atoms in total. The molecule has 1 atom stereocenters. The standard InChI is InChI=1S/C14H19N3O3/c1-14(13(16)19)5-6-17(8-14)11-7-9(12(18)20-2)3-4-10(11)15/h3-4,7H,5-6,8,15H2,1-2H3,(H2,16,19). The van der Waals surface area contributed by atoms with Crippen molar-refractivity contribution in [1.82, 2.24) is 0 Å². The van der Waals surface area contributed by atoms with Gasteiger partial charge in [0.05, 0.1) is 29.5 Å². The Hall–Kier alpha value is -2.24. The normalized spacial score (nSPS) is 21.8. The maximum atomic E-state index is 11.6. The highest BCUT2D eigenvalue weighted by Gasteiger charge is 2.39. The van der Waals surface area contributed by atoms with Gasteiger partial charge in [0.2, 0.25) is 5.91 Å². The largest absolute Gasteiger partial charge is 0.465 e. The number of carbonyl (C=O) groups excluding carboxylic acids is 2. The Morgan fingerprint density at radius 1 is 1.40 bits per heavy atom. The monoisotopic (exact) mass is 277 g/mol. The SMILES string of the molecule is COC(=O)c1ccc(N)c(N2CCC(C)(C(N)=O)C2)c1. The topological polar surface area (TPSA) is 98.7 Å². The van der Waals surface area contributed by atoms with Crippen LogP contribution in [-0.2, 0) is 9.53 Å². The van der Waals surface area contributed by atoms with Gasteiger partial charge in [-0.2, -0.15) is 0 Å². The molecule has 0 radical (unpaired) electrons. The minimum absolute atomic E-state index is 0.317. The van der Waals surface area contributed by atoms with E-state index >= 15 is 0 Å². The van der Waals surface area contributed by atoms with Crippen LogP contribution in [0.5, 0.6) is 0 Å². The second-order valence-corrected chi connectivity index (χ2v) is 5.36. The van der Waals surface area contributed by atoms with Crippen LogP contribution in [-0.4, -0.2) is 32.1 Å². The van der Waals surface area contributed by atoms with E-state index in [0.29, 0.717) is 30.8 Å². The maximum absolute atomic E-state index is 11.6. The van der Waals surface area contributed by atoms with Crippen molar-refractivity contribution >= 4 is 23.3 Å². The Morgan fingerprint density at radius 3 is 2.65 bits per heavy atom. The molecule has 1 unspecified atom stereocenters. The zero-order valence-corrected chi connectivity index (χ0v) is 11.7. The minimum Gasteiger partial charge on any atom is -0.465 e. The van der Waals surface area contributed by atoms with Crippen LogP contribution in [0.3, 0.4) is 0 Å². The molecular weight excluding hydrogens is 258 g/mol. The van der Waals surface area contributed by atoms with Crippen molar-refractivity contribution in [3.63, 3.8) is 0 Å². The van der Waals surface area contributed by atoms with Crippen molar-refractivity contribution in [2.45, 2.75) is 13.3 Å². The molecule has 6 heteroatoms. The molecule has 1 fully saturated rings. The minimum atomic E-state index is -0.562. The van der Waals surface area contributed by atoms with E-state index in [1.54, 1.807) is 18.2 Å². The summed E-state index contributed by atoms with van der Waals surface area (Å²) in [5, 5.41) is 0. The van der Waals surface area contributed by atoms with Crippen molar-refractivity contribution in [3.8, 4) is 0 Å². The fraction of sp³-hybridized carbons (Fsp3) is 0.429. The van der Waals surface area contributed by atoms with Crippen molar-refractivity contribution in [3.05, 3.63) is 23.8 Å². The second-order valence-electron chi connectivity index (χ2n) is 5.36. The molecule has 1 amide bonds. The average molecular weight is 277 g/mol. The number of methoxy groups -OCH3 is 1. The van der Waals surface area contributed by atoms with Gasteiger partial charge in [-0.05, 0) is 31.5 Å². The van der Waals surface area contributed by atoms with Gasteiger partial charge in [-0.15, -0.1) is 0 Å². The Kier molecular flexibility index (Phi) is 3.57. The van der Waals surface area contributed by atoms with Crippen molar-refractivity contribution in [2.75, 3.05) is 30.8 Å². The van der Waals surface area contributed by atoms with Gasteiger partial charge in [0.15, 0.2) is 0 Å². The number of esters is 1. The number of anilines is 2. The molecule has 1 heterocycles. The molecule has 1 aliphatic heterocycles. The van der Waals surface area contributed by atoms with E-state index in [1.807, 2.05) is 11.8 Å². The highest BCUT2D eigenvalue weighted by atomic mass is 16.5. The molecule has 1 aromatic rings. The number of nitrogens with two attached hydrogens (primary N) is 2. The summed E-state index contributed by atoms with van der Waals surface area (Å²) in [6.45, 7) is 3.01. The van der Waals surface area contributed by atoms with E-state index in [4.69, 9.17) is 16.2 Å². The van der Waals surface area contributed by atoms with Gasteiger partial charge in [0.1, 0.15) is 0 Å². The number of nitrogens with zero attached hydrogens (tertiary/aromatic N) is 1. The maximum Gasteiger partial charge on any atom is 0.337 e. The van der Waals surface area contributed by atoms with Crippen LogP contribution in [0, 0.1) is 5.41 Å². The number of hydrogen-bond donors (Lipinski definition) is 2. The molecule has 1 aliphatic rings. The van der Waals surface area contributed by atoms with E-state index in [9.17, 15) is 9.59 Å². The fourth-order valence-electron chi connectivity index (χ4n) is 2.43. The van der Waals surface area contributed by atoms with Crippen LogP contribution >= 0.6 is 0 Å². The van der Waals surface area contributed by atoms with Gasteiger partial charge in [-0.25, -0.2) is 4.79 Å². The van der Waals surface area contributed by atoms with Crippen LogP contribution in [0.25, 0.3) is 0 Å². The first kappa shape index (κ1) is 14.2. The summed E-state index contributed by atoms with van der Waals surface area (Å²) in [5.41, 5.74) is 12.6. The summed E-state index contributed by atoms with van der Waals surface area (Å²) in [6.07, 6.45) is 0.671. The average Bonchev–Trinajstić information content (AvgIpc) is 2.82. The zero-order valence-electron chi connectivity index (χ0n) is 11.7. The van der Waals surface area contributed by atoms with E-state index < -0.39 is 11.4 Å². The highest BCUT2D eigenvalue weighted by molar-refractivity contribution is 5.92. The number of rotatable bonds is 3. The van der Waals surface area contributed by atoms with Gasteiger partial charge in [0, 0.05) is 13.1 Å². The molecule has 0 spiro atoms. The molecule has 0 bridgehead atoms. The first-order valence-corrected chi connectivity index (χ1v) is 6.40.